The van der Waals surface area contributed by atoms with Gasteiger partial charge in [-0.3, -0.25) is 9.59 Å². The molecule has 5 rings (SSSR count). The molecule has 0 spiro atoms. The molecule has 4 aromatic rings. The summed E-state index contributed by atoms with van der Waals surface area (Å²) in [7, 11) is 0. The van der Waals surface area contributed by atoms with Gasteiger partial charge < -0.3 is 15.1 Å². The SMILES string of the molecule is CC(=O)C1C(=O)CCCC1O.[Ir].[c-]1ccccc1-c1ccccn1.[c-]1ccccc1-c1ccccn1. The molecule has 6 heteroatoms. The molecule has 0 saturated heterocycles. The summed E-state index contributed by atoms with van der Waals surface area (Å²) in [5, 5.41) is 9.27. The van der Waals surface area contributed by atoms with E-state index >= 15 is 0 Å². The number of hydrogen-bond donors (Lipinski definition) is 1. The van der Waals surface area contributed by atoms with Crippen molar-refractivity contribution in [3.8, 4) is 22.5 Å². The zero-order valence-electron chi connectivity index (χ0n) is 20.0. The Morgan fingerprint density at radius 1 is 0.833 bits per heavy atom. The molecule has 1 fully saturated rings. The number of carbonyl (C=O) groups is 2. The van der Waals surface area contributed by atoms with Crippen LogP contribution in [0.5, 0.6) is 0 Å². The van der Waals surface area contributed by atoms with Crippen molar-refractivity contribution in [2.45, 2.75) is 32.3 Å². The number of ketones is 2. The number of aromatic nitrogens is 2. The maximum Gasteiger partial charge on any atom is 0.145 e. The van der Waals surface area contributed by atoms with E-state index in [-0.39, 0.29) is 31.7 Å². The first-order valence-electron chi connectivity index (χ1n) is 11.5. The van der Waals surface area contributed by atoms with Crippen molar-refractivity contribution >= 4 is 11.6 Å². The van der Waals surface area contributed by atoms with Crippen molar-refractivity contribution in [2.24, 2.45) is 5.92 Å². The third kappa shape index (κ3) is 9.04. The monoisotopic (exact) mass is 657 g/mol. The van der Waals surface area contributed by atoms with Gasteiger partial charge in [0.2, 0.25) is 0 Å². The summed E-state index contributed by atoms with van der Waals surface area (Å²) in [5.41, 5.74) is 4.02. The molecule has 5 nitrogen and oxygen atoms in total. The average molecular weight is 657 g/mol. The molecule has 0 amide bonds. The molecule has 36 heavy (non-hydrogen) atoms. The van der Waals surface area contributed by atoms with Crippen LogP contribution in [0, 0.1) is 18.1 Å². The van der Waals surface area contributed by atoms with Crippen LogP contribution < -0.4 is 0 Å². The van der Waals surface area contributed by atoms with Gasteiger partial charge in [0.25, 0.3) is 0 Å². The molecule has 1 N–H and O–H groups in total. The summed E-state index contributed by atoms with van der Waals surface area (Å²) < 4.78 is 0. The van der Waals surface area contributed by atoms with Crippen LogP contribution in [0.15, 0.2) is 97.3 Å². The molecular weight excluding hydrogens is 629 g/mol. The predicted molar refractivity (Wildman–Crippen MR) is 136 cm³/mol. The Morgan fingerprint density at radius 2 is 1.33 bits per heavy atom. The van der Waals surface area contributed by atoms with Crippen molar-refractivity contribution in [3.63, 3.8) is 0 Å². The van der Waals surface area contributed by atoms with Crippen LogP contribution in [0.25, 0.3) is 22.5 Å². The number of aliphatic hydroxyl groups is 1. The number of rotatable bonds is 3. The fourth-order valence-corrected chi connectivity index (χ4v) is 3.67. The Hall–Kier alpha value is -3.31. The van der Waals surface area contributed by atoms with Gasteiger partial charge in [0, 0.05) is 38.9 Å². The first-order chi connectivity index (χ1) is 17.1. The van der Waals surface area contributed by atoms with Crippen molar-refractivity contribution in [3.05, 3.63) is 109 Å². The first kappa shape index (κ1) is 28.9. The molecule has 2 atom stereocenters. The quantitative estimate of drug-likeness (QED) is 0.236. The van der Waals surface area contributed by atoms with Crippen LogP contribution in [0.3, 0.4) is 0 Å². The summed E-state index contributed by atoms with van der Waals surface area (Å²) in [6.07, 6.45) is 4.58. The van der Waals surface area contributed by atoms with E-state index in [4.69, 9.17) is 0 Å². The van der Waals surface area contributed by atoms with Crippen LogP contribution in [0.4, 0.5) is 0 Å². The molecule has 0 aliphatic heterocycles. The topological polar surface area (TPSA) is 80.2 Å². The van der Waals surface area contributed by atoms with Gasteiger partial charge >= 0.3 is 0 Å². The van der Waals surface area contributed by atoms with Crippen molar-refractivity contribution in [1.82, 2.24) is 9.97 Å². The molecule has 1 aliphatic rings. The number of Topliss-reactive ketones (excluding diaryl/α,β-unsaturated/α-hetero) is 2. The maximum absolute atomic E-state index is 11.1. The van der Waals surface area contributed by atoms with Gasteiger partial charge in [-0.25, -0.2) is 0 Å². The van der Waals surface area contributed by atoms with Crippen molar-refractivity contribution in [1.29, 1.82) is 0 Å². The first-order valence-corrected chi connectivity index (χ1v) is 11.5. The summed E-state index contributed by atoms with van der Waals surface area (Å²) >= 11 is 0. The molecule has 1 radical (unpaired) electrons. The minimum atomic E-state index is -0.733. The van der Waals surface area contributed by atoms with E-state index in [9.17, 15) is 14.7 Å². The van der Waals surface area contributed by atoms with E-state index < -0.39 is 12.0 Å². The predicted octanol–water partition coefficient (Wildman–Crippen LogP) is 5.40. The molecule has 2 aromatic carbocycles. The summed E-state index contributed by atoms with van der Waals surface area (Å²) in [6, 6.07) is 33.6. The van der Waals surface area contributed by atoms with Crippen LogP contribution in [-0.4, -0.2) is 32.7 Å². The van der Waals surface area contributed by atoms with Gasteiger partial charge in [-0.15, -0.1) is 71.8 Å². The Morgan fingerprint density at radius 3 is 1.67 bits per heavy atom. The third-order valence-corrected chi connectivity index (χ3v) is 5.39. The number of benzene rings is 2. The van der Waals surface area contributed by atoms with Gasteiger partial charge in [0.1, 0.15) is 17.5 Å². The standard InChI is InChI=1S/2C11H8N.C8H12O3.Ir/c2*1-2-6-10(7-3-1)11-8-4-5-9-12-11;1-5(9)8-6(10)3-2-4-7(8)11;/h2*1-6,8-9H;6,8,10H,2-4H2,1H3;/q2*-1;;. The number of pyridine rings is 2. The molecule has 1 aliphatic carbocycles. The van der Waals surface area contributed by atoms with Crippen LogP contribution in [-0.2, 0) is 29.7 Å². The molecular formula is C30H28IrN2O3-2. The van der Waals surface area contributed by atoms with Gasteiger partial charge in [-0.1, -0.05) is 24.3 Å². The second-order valence-electron chi connectivity index (χ2n) is 8.00. The fourth-order valence-electron chi connectivity index (χ4n) is 3.67. The second-order valence-corrected chi connectivity index (χ2v) is 8.00. The second kappa shape index (κ2) is 15.6. The van der Waals surface area contributed by atoms with E-state index in [2.05, 4.69) is 22.1 Å². The minimum absolute atomic E-state index is 0. The van der Waals surface area contributed by atoms with Gasteiger partial charge in [0.05, 0.1) is 6.10 Å². The van der Waals surface area contributed by atoms with Crippen LogP contribution in [0.2, 0.25) is 0 Å². The zero-order chi connectivity index (χ0) is 24.9. The fraction of sp³-hybridized carbons (Fsp3) is 0.200. The largest absolute Gasteiger partial charge is 0.392 e. The van der Waals surface area contributed by atoms with Gasteiger partial charge in [-0.05, 0) is 43.3 Å². The average Bonchev–Trinajstić information content (AvgIpc) is 2.91. The number of nitrogens with zero attached hydrogens (tertiary/aromatic N) is 2. The van der Waals surface area contributed by atoms with Gasteiger partial charge in [0.15, 0.2) is 0 Å². The van der Waals surface area contributed by atoms with Crippen LogP contribution >= 0.6 is 0 Å². The molecule has 2 heterocycles. The molecule has 0 bridgehead atoms. The van der Waals surface area contributed by atoms with Gasteiger partial charge in [-0.2, -0.15) is 0 Å². The summed E-state index contributed by atoms with van der Waals surface area (Å²) in [6.45, 7) is 1.36. The van der Waals surface area contributed by atoms with E-state index in [1.807, 2.05) is 84.9 Å². The van der Waals surface area contributed by atoms with E-state index in [0.717, 1.165) is 22.5 Å². The van der Waals surface area contributed by atoms with E-state index in [1.54, 1.807) is 12.4 Å². The number of aliphatic hydroxyl groups excluding tert-OH is 1. The van der Waals surface area contributed by atoms with E-state index in [0.29, 0.717) is 19.3 Å². The number of hydrogen-bond acceptors (Lipinski definition) is 5. The Kier molecular flexibility index (Phi) is 12.6. The Bertz CT molecular complexity index is 1020. The molecule has 1 saturated carbocycles. The van der Waals surface area contributed by atoms with Crippen LogP contribution in [0.1, 0.15) is 26.2 Å². The maximum atomic E-state index is 11.1. The van der Waals surface area contributed by atoms with Crippen molar-refractivity contribution in [2.75, 3.05) is 0 Å². The Labute approximate surface area is 226 Å². The molecule has 2 unspecified atom stereocenters. The summed E-state index contributed by atoms with van der Waals surface area (Å²) in [4.78, 5) is 30.3. The Balaban J connectivity index is 0.000000188. The normalized spacial score (nSPS) is 16.2. The minimum Gasteiger partial charge on any atom is -0.392 e. The third-order valence-electron chi connectivity index (χ3n) is 5.39. The smallest absolute Gasteiger partial charge is 0.145 e. The number of carbonyl (C=O) groups excluding carboxylic acids is 2. The zero-order valence-corrected chi connectivity index (χ0v) is 22.4. The van der Waals surface area contributed by atoms with Crippen molar-refractivity contribution < 1.29 is 34.8 Å². The summed E-state index contributed by atoms with van der Waals surface area (Å²) in [5.74, 6) is -1.04. The molecule has 187 valence electrons. The van der Waals surface area contributed by atoms with E-state index in [1.165, 1.54) is 6.92 Å². The molecule has 2 aromatic heterocycles.